The number of carbonyl (C=O) groups excluding carboxylic acids is 2. The summed E-state index contributed by atoms with van der Waals surface area (Å²) in [6.45, 7) is 15.0. The number of aromatic hydroxyl groups is 1. The average Bonchev–Trinajstić information content (AvgIpc) is 3.07. The lowest BCUT2D eigenvalue weighted by atomic mass is 9.73. The minimum atomic E-state index is -0.224. The summed E-state index contributed by atoms with van der Waals surface area (Å²) >= 11 is 0. The molecule has 0 amide bonds. The number of rotatable bonds is 27. The molecule has 5 nitrogen and oxygen atoms in total. The van der Waals surface area contributed by atoms with Gasteiger partial charge in [0.2, 0.25) is 0 Å². The van der Waals surface area contributed by atoms with E-state index in [0.29, 0.717) is 18.6 Å². The molecule has 0 radical (unpaired) electrons. The van der Waals surface area contributed by atoms with Crippen LogP contribution in [0.5, 0.6) is 11.5 Å². The van der Waals surface area contributed by atoms with Crippen molar-refractivity contribution >= 4 is 11.9 Å². The summed E-state index contributed by atoms with van der Waals surface area (Å²) in [4.78, 5) is 25.4. The van der Waals surface area contributed by atoms with Crippen molar-refractivity contribution < 1.29 is 24.2 Å². The first-order chi connectivity index (χ1) is 24.2. The Morgan fingerprint density at radius 3 is 2.24 bits per heavy atom. The first kappa shape index (κ1) is 43.3. The van der Waals surface area contributed by atoms with Gasteiger partial charge >= 0.3 is 11.9 Å². The molecule has 1 aliphatic carbocycles. The van der Waals surface area contributed by atoms with Gasteiger partial charge in [0.25, 0.3) is 0 Å². The van der Waals surface area contributed by atoms with E-state index >= 15 is 0 Å². The number of ether oxygens (including phenoxy) is 2. The smallest absolute Gasteiger partial charge is 0.311 e. The highest BCUT2D eigenvalue weighted by molar-refractivity contribution is 5.73. The lowest BCUT2D eigenvalue weighted by Crippen LogP contribution is -2.19. The molecule has 0 unspecified atom stereocenters. The Morgan fingerprint density at radius 2 is 1.50 bits per heavy atom. The molecule has 0 aliphatic heterocycles. The molecular formula is C45H72O5. The molecule has 5 heteroatoms. The third kappa shape index (κ3) is 17.4. The highest BCUT2D eigenvalue weighted by Gasteiger charge is 2.31. The highest BCUT2D eigenvalue weighted by Crippen LogP contribution is 2.47. The fourth-order valence-electron chi connectivity index (χ4n) is 7.11. The lowest BCUT2D eigenvalue weighted by molar-refractivity contribution is -0.149. The van der Waals surface area contributed by atoms with Gasteiger partial charge in [0.1, 0.15) is 17.6 Å². The number of esters is 2. The Balaban J connectivity index is 1.83. The van der Waals surface area contributed by atoms with Crippen molar-refractivity contribution in [1.82, 2.24) is 0 Å². The van der Waals surface area contributed by atoms with Crippen LogP contribution in [0.15, 0.2) is 48.1 Å². The van der Waals surface area contributed by atoms with Crippen LogP contribution in [0.3, 0.4) is 0 Å². The number of phenols is 1. The van der Waals surface area contributed by atoms with Crippen LogP contribution in [-0.4, -0.2) is 23.1 Å². The molecule has 0 spiro atoms. The molecule has 0 saturated heterocycles. The molecule has 1 aromatic carbocycles. The summed E-state index contributed by atoms with van der Waals surface area (Å²) in [6.07, 6.45) is 29.5. The summed E-state index contributed by atoms with van der Waals surface area (Å²) < 4.78 is 11.9. The van der Waals surface area contributed by atoms with Crippen molar-refractivity contribution in [2.24, 2.45) is 5.92 Å². The monoisotopic (exact) mass is 693 g/mol. The number of hydrogen-bond acceptors (Lipinski definition) is 5. The van der Waals surface area contributed by atoms with E-state index in [-0.39, 0.29) is 35.6 Å². The van der Waals surface area contributed by atoms with Crippen LogP contribution in [0.1, 0.15) is 193 Å². The van der Waals surface area contributed by atoms with E-state index in [4.69, 9.17) is 9.47 Å². The van der Waals surface area contributed by atoms with Gasteiger partial charge in [-0.1, -0.05) is 121 Å². The van der Waals surface area contributed by atoms with Gasteiger partial charge in [-0.15, -0.1) is 0 Å². The molecule has 0 bridgehead atoms. The average molecular weight is 693 g/mol. The maximum absolute atomic E-state index is 13.1. The molecule has 0 saturated carbocycles. The van der Waals surface area contributed by atoms with Gasteiger partial charge in [-0.25, -0.2) is 0 Å². The van der Waals surface area contributed by atoms with E-state index in [1.54, 1.807) is 0 Å². The van der Waals surface area contributed by atoms with E-state index in [9.17, 15) is 14.7 Å². The molecular weight excluding hydrogens is 620 g/mol. The van der Waals surface area contributed by atoms with Crippen molar-refractivity contribution in [1.29, 1.82) is 0 Å². The minimum Gasteiger partial charge on any atom is -0.507 e. The van der Waals surface area contributed by atoms with Crippen LogP contribution in [0.25, 0.3) is 0 Å². The van der Waals surface area contributed by atoms with Gasteiger partial charge in [-0.05, 0) is 102 Å². The molecule has 0 aromatic heterocycles. The third-order valence-electron chi connectivity index (χ3n) is 10.2. The summed E-state index contributed by atoms with van der Waals surface area (Å²) in [5.74, 6) is 0.633. The molecule has 282 valence electrons. The second-order valence-electron chi connectivity index (χ2n) is 14.9. The normalized spacial score (nSPS) is 16.7. The van der Waals surface area contributed by atoms with Crippen molar-refractivity contribution in [3.8, 4) is 11.5 Å². The standard InChI is InChI=1S/C45H72O5/c1-7-10-13-22-26-38(49-43(47)28-21-12-9-3)27-23-18-16-14-15-17-19-24-29-44(48)50-42-34-37(25-20-11-8-2)33-41(46)45(42)40-32-36(6)30-31-39(40)35(4)5/h18,23,32-34,38-40,46H,4,7-17,19-22,24-31H2,1-3,5-6H3/b23-18-/t38-,39+,40-/m1/s1. The molecule has 50 heavy (non-hydrogen) atoms. The minimum absolute atomic E-state index is 0.00338. The number of hydrogen-bond donors (Lipinski definition) is 1. The Kier molecular flexibility index (Phi) is 22.6. The number of phenolic OH excluding ortho intramolecular Hbond substituents is 1. The summed E-state index contributed by atoms with van der Waals surface area (Å²) in [7, 11) is 0. The zero-order chi connectivity index (χ0) is 36.6. The quantitative estimate of drug-likeness (QED) is 0.0430. The molecule has 2 rings (SSSR count). The van der Waals surface area contributed by atoms with Crippen molar-refractivity contribution in [2.45, 2.75) is 194 Å². The van der Waals surface area contributed by atoms with Gasteiger partial charge in [-0.2, -0.15) is 0 Å². The fraction of sp³-hybridized carbons (Fsp3) is 0.689. The zero-order valence-electron chi connectivity index (χ0n) is 32.7. The van der Waals surface area contributed by atoms with Gasteiger partial charge in [0, 0.05) is 30.7 Å². The van der Waals surface area contributed by atoms with Crippen molar-refractivity contribution in [3.05, 3.63) is 59.2 Å². The predicted octanol–water partition coefficient (Wildman–Crippen LogP) is 13.2. The van der Waals surface area contributed by atoms with E-state index in [2.05, 4.69) is 59.4 Å². The highest BCUT2D eigenvalue weighted by atomic mass is 16.5. The van der Waals surface area contributed by atoms with Crippen molar-refractivity contribution in [3.63, 3.8) is 0 Å². The number of carbonyl (C=O) groups is 2. The van der Waals surface area contributed by atoms with Crippen LogP contribution < -0.4 is 4.74 Å². The topological polar surface area (TPSA) is 72.8 Å². The van der Waals surface area contributed by atoms with Crippen molar-refractivity contribution in [2.75, 3.05) is 0 Å². The molecule has 1 N–H and O–H groups in total. The van der Waals surface area contributed by atoms with E-state index in [1.165, 1.54) is 24.8 Å². The first-order valence-electron chi connectivity index (χ1n) is 20.4. The van der Waals surface area contributed by atoms with Gasteiger partial charge < -0.3 is 14.6 Å². The van der Waals surface area contributed by atoms with Crippen LogP contribution in [0.2, 0.25) is 0 Å². The first-order valence-corrected chi connectivity index (χ1v) is 20.4. The largest absolute Gasteiger partial charge is 0.507 e. The third-order valence-corrected chi connectivity index (χ3v) is 10.2. The van der Waals surface area contributed by atoms with Gasteiger partial charge in [0.05, 0.1) is 0 Å². The Morgan fingerprint density at radius 1 is 0.860 bits per heavy atom. The van der Waals surface area contributed by atoms with Gasteiger partial charge in [0.15, 0.2) is 0 Å². The van der Waals surface area contributed by atoms with Crippen LogP contribution in [-0.2, 0) is 20.7 Å². The van der Waals surface area contributed by atoms with E-state index in [0.717, 1.165) is 132 Å². The summed E-state index contributed by atoms with van der Waals surface area (Å²) in [5, 5.41) is 11.3. The molecule has 3 atom stereocenters. The number of benzene rings is 1. The SMILES string of the molecule is C=C(C)[C@@H]1CCC(C)=C[C@H]1c1c(O)cc(CCCCC)cc1OC(=O)CCCCCCC/C=C\C[C@@H](CCCCCC)OC(=O)CCCCC. The van der Waals surface area contributed by atoms with Crippen LogP contribution in [0.4, 0.5) is 0 Å². The predicted molar refractivity (Wildman–Crippen MR) is 210 cm³/mol. The number of aryl methyl sites for hydroxylation is 1. The second-order valence-corrected chi connectivity index (χ2v) is 14.9. The zero-order valence-corrected chi connectivity index (χ0v) is 32.7. The molecule has 1 aliphatic rings. The fourth-order valence-corrected chi connectivity index (χ4v) is 7.11. The molecule has 0 heterocycles. The number of allylic oxidation sites excluding steroid dienone is 4. The molecule has 1 aromatic rings. The lowest BCUT2D eigenvalue weighted by Gasteiger charge is -2.32. The Hall–Kier alpha value is -2.82. The number of unbranched alkanes of at least 4 members (excludes halogenated alkanes) is 12. The second kappa shape index (κ2) is 26.0. The summed E-state index contributed by atoms with van der Waals surface area (Å²) in [6, 6.07) is 3.87. The Labute approximate surface area is 306 Å². The van der Waals surface area contributed by atoms with E-state index in [1.807, 2.05) is 12.1 Å². The maximum atomic E-state index is 13.1. The maximum Gasteiger partial charge on any atom is 0.311 e. The van der Waals surface area contributed by atoms with Crippen LogP contribution in [0, 0.1) is 5.92 Å². The Bertz CT molecular complexity index is 1190. The van der Waals surface area contributed by atoms with Crippen LogP contribution >= 0.6 is 0 Å². The molecule has 0 fully saturated rings. The van der Waals surface area contributed by atoms with E-state index < -0.39 is 0 Å². The van der Waals surface area contributed by atoms with Gasteiger partial charge in [-0.3, -0.25) is 9.59 Å². The summed E-state index contributed by atoms with van der Waals surface area (Å²) in [5.41, 5.74) is 4.14.